The largest absolute Gasteiger partial charge is 0.497 e. The average molecular weight is 328 g/mol. The van der Waals surface area contributed by atoms with E-state index in [9.17, 15) is 14.0 Å². The highest BCUT2D eigenvalue weighted by Gasteiger charge is 2.31. The van der Waals surface area contributed by atoms with Crippen LogP contribution >= 0.6 is 0 Å². The number of anilines is 1. The number of nitrogens with zero attached hydrogens (tertiary/aromatic N) is 1. The normalized spacial score (nSPS) is 17.0. The molecule has 1 N–H and O–H groups in total. The predicted octanol–water partition coefficient (Wildman–Crippen LogP) is 2.37. The van der Waals surface area contributed by atoms with Gasteiger partial charge in [-0.15, -0.1) is 0 Å². The molecule has 1 saturated heterocycles. The topological polar surface area (TPSA) is 58.6 Å². The van der Waals surface area contributed by atoms with Gasteiger partial charge < -0.3 is 15.0 Å². The fraction of sp³-hybridized carbons (Fsp3) is 0.222. The first kappa shape index (κ1) is 16.0. The van der Waals surface area contributed by atoms with E-state index in [1.54, 1.807) is 36.3 Å². The number of nitrogens with one attached hydrogen (secondary N) is 1. The van der Waals surface area contributed by atoms with E-state index >= 15 is 0 Å². The monoisotopic (exact) mass is 328 g/mol. The molecule has 0 radical (unpaired) electrons. The minimum Gasteiger partial charge on any atom is -0.497 e. The molecule has 1 aliphatic heterocycles. The highest BCUT2D eigenvalue weighted by molar-refractivity contribution is 5.99. The van der Waals surface area contributed by atoms with Gasteiger partial charge in [0.15, 0.2) is 0 Å². The Morgan fingerprint density at radius 1 is 1.25 bits per heavy atom. The van der Waals surface area contributed by atoms with E-state index in [2.05, 4.69) is 5.32 Å². The summed E-state index contributed by atoms with van der Waals surface area (Å²) in [4.78, 5) is 26.0. The molecule has 24 heavy (non-hydrogen) atoms. The number of ether oxygens (including phenoxy) is 1. The van der Waals surface area contributed by atoms with Crippen LogP contribution in [0.1, 0.15) is 16.8 Å². The second-order valence-corrected chi connectivity index (χ2v) is 5.59. The second-order valence-electron chi connectivity index (χ2n) is 5.59. The average Bonchev–Trinajstić information content (AvgIpc) is 2.95. The van der Waals surface area contributed by atoms with Gasteiger partial charge in [0, 0.05) is 24.2 Å². The Labute approximate surface area is 139 Å². The van der Waals surface area contributed by atoms with Gasteiger partial charge in [0.05, 0.1) is 13.2 Å². The van der Waals surface area contributed by atoms with Gasteiger partial charge in [-0.2, -0.15) is 0 Å². The molecule has 6 heteroatoms. The number of carbonyl (C=O) groups excluding carboxylic acids is 2. The van der Waals surface area contributed by atoms with E-state index in [-0.39, 0.29) is 29.8 Å². The van der Waals surface area contributed by atoms with Crippen LogP contribution < -0.4 is 15.0 Å². The highest BCUT2D eigenvalue weighted by atomic mass is 19.1. The number of rotatable bonds is 4. The molecule has 2 aromatic rings. The number of hydrogen-bond donors (Lipinski definition) is 1. The molecule has 2 amide bonds. The molecule has 1 aliphatic rings. The van der Waals surface area contributed by atoms with Crippen molar-refractivity contribution in [1.29, 1.82) is 0 Å². The van der Waals surface area contributed by atoms with Gasteiger partial charge in [0.25, 0.3) is 5.91 Å². The maximum atomic E-state index is 13.2. The van der Waals surface area contributed by atoms with Crippen molar-refractivity contribution in [3.8, 4) is 5.75 Å². The summed E-state index contributed by atoms with van der Waals surface area (Å²) >= 11 is 0. The third-order valence-electron chi connectivity index (χ3n) is 3.93. The minimum absolute atomic E-state index is 0.0651. The molecule has 1 unspecified atom stereocenters. The summed E-state index contributed by atoms with van der Waals surface area (Å²) in [5.41, 5.74) is 0.994. The Balaban J connectivity index is 1.67. The van der Waals surface area contributed by atoms with Gasteiger partial charge in [0.2, 0.25) is 5.91 Å². The van der Waals surface area contributed by atoms with Gasteiger partial charge >= 0.3 is 0 Å². The Kier molecular flexibility index (Phi) is 4.46. The molecule has 1 atom stereocenters. The van der Waals surface area contributed by atoms with E-state index in [0.717, 1.165) is 5.69 Å². The summed E-state index contributed by atoms with van der Waals surface area (Å²) in [6, 6.07) is 12.3. The van der Waals surface area contributed by atoms with Crippen LogP contribution in [-0.2, 0) is 4.79 Å². The van der Waals surface area contributed by atoms with Gasteiger partial charge in [-0.05, 0) is 42.5 Å². The first-order valence-corrected chi connectivity index (χ1v) is 7.57. The molecule has 2 aromatic carbocycles. The van der Waals surface area contributed by atoms with Crippen molar-refractivity contribution in [3.05, 3.63) is 59.9 Å². The summed E-state index contributed by atoms with van der Waals surface area (Å²) in [7, 11) is 1.58. The van der Waals surface area contributed by atoms with Crippen molar-refractivity contribution in [2.45, 2.75) is 12.5 Å². The zero-order chi connectivity index (χ0) is 17.1. The van der Waals surface area contributed by atoms with E-state index in [1.807, 2.05) is 0 Å². The Morgan fingerprint density at radius 3 is 2.67 bits per heavy atom. The van der Waals surface area contributed by atoms with Gasteiger partial charge in [-0.3, -0.25) is 9.59 Å². The van der Waals surface area contributed by atoms with Crippen LogP contribution in [0.5, 0.6) is 5.75 Å². The number of carbonyl (C=O) groups is 2. The third kappa shape index (κ3) is 3.37. The Bertz CT molecular complexity index is 761. The molecule has 5 nitrogen and oxygen atoms in total. The quantitative estimate of drug-likeness (QED) is 0.937. The summed E-state index contributed by atoms with van der Waals surface area (Å²) in [5.74, 6) is -0.208. The summed E-state index contributed by atoms with van der Waals surface area (Å²) in [6.07, 6.45) is 0.215. The summed E-state index contributed by atoms with van der Waals surface area (Å²) < 4.78 is 18.3. The molecule has 1 heterocycles. The Morgan fingerprint density at radius 2 is 2.00 bits per heavy atom. The number of amides is 2. The molecule has 124 valence electrons. The van der Waals surface area contributed by atoms with E-state index < -0.39 is 5.82 Å². The lowest BCUT2D eigenvalue weighted by Crippen LogP contribution is -2.37. The van der Waals surface area contributed by atoms with E-state index in [4.69, 9.17) is 4.74 Å². The van der Waals surface area contributed by atoms with Crippen LogP contribution in [0, 0.1) is 5.82 Å². The maximum Gasteiger partial charge on any atom is 0.251 e. The zero-order valence-corrected chi connectivity index (χ0v) is 13.2. The second kappa shape index (κ2) is 6.70. The highest BCUT2D eigenvalue weighted by Crippen LogP contribution is 2.24. The zero-order valence-electron chi connectivity index (χ0n) is 13.2. The molecular formula is C18H17FN2O3. The maximum absolute atomic E-state index is 13.2. The summed E-state index contributed by atoms with van der Waals surface area (Å²) in [6.45, 7) is 0.381. The van der Waals surface area contributed by atoms with Crippen molar-refractivity contribution < 1.29 is 18.7 Å². The molecule has 3 rings (SSSR count). The SMILES string of the molecule is COc1ccc(N2CC(NC(=O)c3cccc(F)c3)CC2=O)cc1. The first-order chi connectivity index (χ1) is 11.6. The minimum atomic E-state index is -0.468. The first-order valence-electron chi connectivity index (χ1n) is 7.57. The molecule has 0 spiro atoms. The lowest BCUT2D eigenvalue weighted by atomic mass is 10.2. The third-order valence-corrected chi connectivity index (χ3v) is 3.93. The van der Waals surface area contributed by atoms with Crippen molar-refractivity contribution in [3.63, 3.8) is 0 Å². The van der Waals surface area contributed by atoms with Gasteiger partial charge in [-0.25, -0.2) is 4.39 Å². The van der Waals surface area contributed by atoms with Crippen LogP contribution in [0.2, 0.25) is 0 Å². The number of methoxy groups -OCH3 is 1. The van der Waals surface area contributed by atoms with E-state index in [1.165, 1.54) is 24.3 Å². The lowest BCUT2D eigenvalue weighted by Gasteiger charge is -2.17. The molecule has 0 aromatic heterocycles. The lowest BCUT2D eigenvalue weighted by molar-refractivity contribution is -0.117. The van der Waals surface area contributed by atoms with Crippen LogP contribution in [0.15, 0.2) is 48.5 Å². The van der Waals surface area contributed by atoms with Gasteiger partial charge in [-0.1, -0.05) is 6.07 Å². The van der Waals surface area contributed by atoms with E-state index in [0.29, 0.717) is 12.3 Å². The number of hydrogen-bond acceptors (Lipinski definition) is 3. The van der Waals surface area contributed by atoms with Gasteiger partial charge in [0.1, 0.15) is 11.6 Å². The molecular weight excluding hydrogens is 311 g/mol. The van der Waals surface area contributed by atoms with Crippen molar-refractivity contribution in [1.82, 2.24) is 5.32 Å². The number of halogens is 1. The summed E-state index contributed by atoms with van der Waals surface area (Å²) in [5, 5.41) is 2.78. The van der Waals surface area contributed by atoms with Crippen LogP contribution in [0.25, 0.3) is 0 Å². The fourth-order valence-corrected chi connectivity index (χ4v) is 2.71. The molecule has 1 fully saturated rings. The van der Waals surface area contributed by atoms with Crippen LogP contribution in [0.4, 0.5) is 10.1 Å². The van der Waals surface area contributed by atoms with Crippen molar-refractivity contribution in [2.24, 2.45) is 0 Å². The van der Waals surface area contributed by atoms with Crippen molar-refractivity contribution >= 4 is 17.5 Å². The molecule has 0 aliphatic carbocycles. The van der Waals surface area contributed by atoms with Crippen LogP contribution in [-0.4, -0.2) is 31.5 Å². The Hall–Kier alpha value is -2.89. The van der Waals surface area contributed by atoms with Crippen molar-refractivity contribution in [2.75, 3.05) is 18.6 Å². The predicted molar refractivity (Wildman–Crippen MR) is 87.6 cm³/mol. The van der Waals surface area contributed by atoms with Crippen LogP contribution in [0.3, 0.4) is 0 Å². The standard InChI is InChI=1S/C18H17FN2O3/c1-24-16-7-5-15(6-8-16)21-11-14(10-17(21)22)20-18(23)12-3-2-4-13(19)9-12/h2-9,14H,10-11H2,1H3,(H,20,23). The number of benzene rings is 2. The smallest absolute Gasteiger partial charge is 0.251 e. The molecule has 0 bridgehead atoms. The fourth-order valence-electron chi connectivity index (χ4n) is 2.71. The molecule has 0 saturated carbocycles.